The first-order chi connectivity index (χ1) is 9.43. The van der Waals surface area contributed by atoms with Crippen LogP contribution in [0, 0.1) is 5.41 Å². The highest BCUT2D eigenvalue weighted by atomic mass is 127. The molecule has 1 aliphatic carbocycles. The molecule has 0 unspecified atom stereocenters. The van der Waals surface area contributed by atoms with Gasteiger partial charge in [0, 0.05) is 5.41 Å². The zero-order valence-corrected chi connectivity index (χ0v) is 14.4. The molecule has 0 spiro atoms. The SMILES string of the molecule is CC1=C(I)C(C)(C)[C@@](C=O)(OCc2ccccc2)CC1. The highest BCUT2D eigenvalue weighted by molar-refractivity contribution is 14.1. The number of halogens is 1. The number of hydrogen-bond donors (Lipinski definition) is 0. The van der Waals surface area contributed by atoms with Crippen LogP contribution >= 0.6 is 22.6 Å². The standard InChI is InChI=1S/C17H21IO2/c1-13-9-10-17(12-19,16(2,3)15(13)18)20-11-14-7-5-4-6-8-14/h4-8,12H,9-11H2,1-3H3/t17-/m1/s1. The van der Waals surface area contributed by atoms with Crippen LogP contribution in [0.25, 0.3) is 0 Å². The van der Waals surface area contributed by atoms with Crippen molar-refractivity contribution in [2.24, 2.45) is 5.41 Å². The summed E-state index contributed by atoms with van der Waals surface area (Å²) < 4.78 is 7.38. The van der Waals surface area contributed by atoms with Gasteiger partial charge in [0.1, 0.15) is 5.60 Å². The van der Waals surface area contributed by atoms with Gasteiger partial charge in [-0.15, -0.1) is 0 Å². The molecule has 1 aromatic rings. The Morgan fingerprint density at radius 2 is 1.95 bits per heavy atom. The fourth-order valence-corrected chi connectivity index (χ4v) is 3.52. The van der Waals surface area contributed by atoms with Crippen LogP contribution in [0.5, 0.6) is 0 Å². The van der Waals surface area contributed by atoms with E-state index in [1.54, 1.807) is 0 Å². The van der Waals surface area contributed by atoms with Gasteiger partial charge in [-0.05, 0) is 51.5 Å². The minimum Gasteiger partial charge on any atom is -0.362 e. The normalized spacial score (nSPS) is 25.6. The van der Waals surface area contributed by atoms with E-state index in [4.69, 9.17) is 4.74 Å². The first kappa shape index (κ1) is 15.7. The Hall–Kier alpha value is -0.680. The summed E-state index contributed by atoms with van der Waals surface area (Å²) in [4.78, 5) is 11.8. The molecule has 1 aromatic carbocycles. The highest BCUT2D eigenvalue weighted by Gasteiger charge is 2.50. The van der Waals surface area contributed by atoms with Gasteiger partial charge in [0.2, 0.25) is 0 Å². The predicted octanol–water partition coefficient (Wildman–Crippen LogP) is 4.67. The van der Waals surface area contributed by atoms with Crippen molar-refractivity contribution in [3.05, 3.63) is 45.0 Å². The second kappa shape index (κ2) is 5.98. The van der Waals surface area contributed by atoms with E-state index in [0.717, 1.165) is 24.7 Å². The maximum atomic E-state index is 11.8. The highest BCUT2D eigenvalue weighted by Crippen LogP contribution is 2.51. The van der Waals surface area contributed by atoms with Crippen LogP contribution in [-0.4, -0.2) is 11.9 Å². The average molecular weight is 384 g/mol. The summed E-state index contributed by atoms with van der Waals surface area (Å²) in [5.74, 6) is 0. The van der Waals surface area contributed by atoms with Gasteiger partial charge in [0.15, 0.2) is 6.29 Å². The van der Waals surface area contributed by atoms with E-state index in [2.05, 4.69) is 43.4 Å². The molecule has 0 bridgehead atoms. The van der Waals surface area contributed by atoms with Gasteiger partial charge >= 0.3 is 0 Å². The Balaban J connectivity index is 2.24. The smallest absolute Gasteiger partial charge is 0.152 e. The summed E-state index contributed by atoms with van der Waals surface area (Å²) in [5, 5.41) is 0. The second-order valence-electron chi connectivity index (χ2n) is 6.00. The Bertz CT molecular complexity index is 519. The molecule has 108 valence electrons. The van der Waals surface area contributed by atoms with Gasteiger partial charge in [-0.1, -0.05) is 49.8 Å². The molecular formula is C17H21IO2. The van der Waals surface area contributed by atoms with Crippen molar-refractivity contribution in [1.29, 1.82) is 0 Å². The van der Waals surface area contributed by atoms with Crippen molar-refractivity contribution in [3.63, 3.8) is 0 Å². The predicted molar refractivity (Wildman–Crippen MR) is 89.8 cm³/mol. The Morgan fingerprint density at radius 1 is 1.30 bits per heavy atom. The third-order valence-electron chi connectivity index (χ3n) is 4.38. The molecular weight excluding hydrogens is 363 g/mol. The van der Waals surface area contributed by atoms with Crippen molar-refractivity contribution in [3.8, 4) is 0 Å². The molecule has 0 N–H and O–H groups in total. The molecule has 0 aliphatic heterocycles. The van der Waals surface area contributed by atoms with E-state index in [1.165, 1.54) is 9.15 Å². The minimum absolute atomic E-state index is 0.271. The lowest BCUT2D eigenvalue weighted by molar-refractivity contribution is -0.152. The molecule has 0 saturated heterocycles. The van der Waals surface area contributed by atoms with Crippen LogP contribution in [0.2, 0.25) is 0 Å². The van der Waals surface area contributed by atoms with E-state index in [1.807, 2.05) is 30.3 Å². The molecule has 0 fully saturated rings. The Kier molecular flexibility index (Phi) is 4.69. The van der Waals surface area contributed by atoms with Crippen LogP contribution in [-0.2, 0) is 16.1 Å². The van der Waals surface area contributed by atoms with E-state index >= 15 is 0 Å². The molecule has 0 amide bonds. The topological polar surface area (TPSA) is 26.3 Å². The summed E-state index contributed by atoms with van der Waals surface area (Å²) >= 11 is 2.37. The molecule has 2 nitrogen and oxygen atoms in total. The molecule has 0 saturated carbocycles. The molecule has 1 aliphatic rings. The number of carbonyl (C=O) groups is 1. The molecule has 0 heterocycles. The van der Waals surface area contributed by atoms with Gasteiger partial charge in [-0.2, -0.15) is 0 Å². The number of allylic oxidation sites excluding steroid dienone is 1. The van der Waals surface area contributed by atoms with Crippen LogP contribution in [0.4, 0.5) is 0 Å². The van der Waals surface area contributed by atoms with E-state index < -0.39 is 5.60 Å². The summed E-state index contributed by atoms with van der Waals surface area (Å²) in [6.45, 7) is 6.84. The summed E-state index contributed by atoms with van der Waals surface area (Å²) in [5.41, 5.74) is 1.48. The second-order valence-corrected chi connectivity index (χ2v) is 7.08. The number of carbonyl (C=O) groups excluding carboxylic acids is 1. The fourth-order valence-electron chi connectivity index (χ4n) is 2.79. The number of aldehydes is 1. The number of ether oxygens (including phenoxy) is 1. The van der Waals surface area contributed by atoms with Crippen LogP contribution < -0.4 is 0 Å². The minimum atomic E-state index is -0.723. The summed E-state index contributed by atoms with van der Waals surface area (Å²) in [6, 6.07) is 10.0. The summed E-state index contributed by atoms with van der Waals surface area (Å²) in [7, 11) is 0. The quantitative estimate of drug-likeness (QED) is 0.557. The molecule has 20 heavy (non-hydrogen) atoms. The molecule has 0 radical (unpaired) electrons. The third-order valence-corrected chi connectivity index (χ3v) is 6.65. The lowest BCUT2D eigenvalue weighted by atomic mass is 9.68. The van der Waals surface area contributed by atoms with E-state index in [-0.39, 0.29) is 5.41 Å². The molecule has 0 aromatic heterocycles. The zero-order valence-electron chi connectivity index (χ0n) is 12.3. The van der Waals surface area contributed by atoms with Crippen molar-refractivity contribution < 1.29 is 9.53 Å². The first-order valence-corrected chi connectivity index (χ1v) is 8.01. The van der Waals surface area contributed by atoms with Gasteiger partial charge < -0.3 is 9.53 Å². The largest absolute Gasteiger partial charge is 0.362 e. The molecule has 2 rings (SSSR count). The Morgan fingerprint density at radius 3 is 2.55 bits per heavy atom. The lowest BCUT2D eigenvalue weighted by Crippen LogP contribution is -2.51. The van der Waals surface area contributed by atoms with Crippen LogP contribution in [0.15, 0.2) is 39.5 Å². The van der Waals surface area contributed by atoms with Crippen LogP contribution in [0.3, 0.4) is 0 Å². The molecule has 3 heteroatoms. The monoisotopic (exact) mass is 384 g/mol. The van der Waals surface area contributed by atoms with Crippen molar-refractivity contribution >= 4 is 28.9 Å². The third kappa shape index (κ3) is 2.70. The maximum Gasteiger partial charge on any atom is 0.152 e. The first-order valence-electron chi connectivity index (χ1n) is 6.93. The average Bonchev–Trinajstić information content (AvgIpc) is 2.46. The van der Waals surface area contributed by atoms with Crippen molar-refractivity contribution in [2.75, 3.05) is 0 Å². The Labute approximate surface area is 134 Å². The van der Waals surface area contributed by atoms with E-state index in [0.29, 0.717) is 6.61 Å². The maximum absolute atomic E-state index is 11.8. The van der Waals surface area contributed by atoms with Gasteiger partial charge in [-0.3, -0.25) is 0 Å². The van der Waals surface area contributed by atoms with Crippen molar-refractivity contribution in [2.45, 2.75) is 45.8 Å². The number of rotatable bonds is 4. The van der Waals surface area contributed by atoms with E-state index in [9.17, 15) is 4.79 Å². The number of hydrogen-bond acceptors (Lipinski definition) is 2. The van der Waals surface area contributed by atoms with Gasteiger partial charge in [0.05, 0.1) is 6.61 Å². The van der Waals surface area contributed by atoms with Crippen LogP contribution in [0.1, 0.15) is 39.2 Å². The lowest BCUT2D eigenvalue weighted by Gasteiger charge is -2.46. The number of benzene rings is 1. The fraction of sp³-hybridized carbons (Fsp3) is 0.471. The molecule has 1 atom stereocenters. The zero-order chi connectivity index (χ0) is 14.8. The van der Waals surface area contributed by atoms with Crippen molar-refractivity contribution in [1.82, 2.24) is 0 Å². The summed E-state index contributed by atoms with van der Waals surface area (Å²) in [6.07, 6.45) is 2.70. The van der Waals surface area contributed by atoms with Gasteiger partial charge in [0.25, 0.3) is 0 Å². The van der Waals surface area contributed by atoms with Gasteiger partial charge in [-0.25, -0.2) is 0 Å².